The molecule has 144 valence electrons. The molecule has 0 unspecified atom stereocenters. The van der Waals surface area contributed by atoms with Gasteiger partial charge in [-0.3, -0.25) is 9.59 Å². The number of piperidine rings is 1. The summed E-state index contributed by atoms with van der Waals surface area (Å²) in [6.07, 6.45) is 4.87. The Balaban J connectivity index is 1.59. The minimum atomic E-state index is -0.475. The first-order valence-corrected chi connectivity index (χ1v) is 10.3. The molecule has 7 heteroatoms. The Labute approximate surface area is 172 Å². The molecule has 2 fully saturated rings. The van der Waals surface area contributed by atoms with E-state index in [1.54, 1.807) is 30.3 Å². The predicted molar refractivity (Wildman–Crippen MR) is 112 cm³/mol. The van der Waals surface area contributed by atoms with Crippen LogP contribution in [0, 0.1) is 5.82 Å². The summed E-state index contributed by atoms with van der Waals surface area (Å²) in [7, 11) is 0. The van der Waals surface area contributed by atoms with Crippen molar-refractivity contribution in [1.82, 2.24) is 0 Å². The Bertz CT molecular complexity index is 973. The Morgan fingerprint density at radius 3 is 2.50 bits per heavy atom. The van der Waals surface area contributed by atoms with Crippen LogP contribution in [0.4, 0.5) is 20.6 Å². The van der Waals surface area contributed by atoms with Crippen LogP contribution in [0.25, 0.3) is 6.08 Å². The second-order valence-corrected chi connectivity index (χ2v) is 8.18. The predicted octanol–water partition coefficient (Wildman–Crippen LogP) is 5.71. The zero-order chi connectivity index (χ0) is 19.7. The topological polar surface area (TPSA) is 40.6 Å². The summed E-state index contributed by atoms with van der Waals surface area (Å²) in [4.78, 5) is 28.4. The van der Waals surface area contributed by atoms with E-state index in [1.807, 2.05) is 6.07 Å². The van der Waals surface area contributed by atoms with Gasteiger partial charge in [-0.15, -0.1) is 0 Å². The highest BCUT2D eigenvalue weighted by atomic mass is 35.5. The molecule has 0 N–H and O–H groups in total. The molecule has 0 radical (unpaired) electrons. The third kappa shape index (κ3) is 3.80. The summed E-state index contributed by atoms with van der Waals surface area (Å²) in [5.41, 5.74) is 1.54. The Morgan fingerprint density at radius 1 is 1.00 bits per heavy atom. The van der Waals surface area contributed by atoms with Crippen LogP contribution in [0.5, 0.6) is 0 Å². The number of rotatable bonds is 3. The maximum absolute atomic E-state index is 14.6. The lowest BCUT2D eigenvalue weighted by molar-refractivity contribution is -0.113. The van der Waals surface area contributed by atoms with Crippen molar-refractivity contribution in [2.75, 3.05) is 22.9 Å². The SMILES string of the molecule is O=C1S/C(=C/c2ccc(N3CCCCC3)cc2F)C(=O)N1c1cccc(Cl)c1. The van der Waals surface area contributed by atoms with Crippen LogP contribution in [-0.4, -0.2) is 24.2 Å². The van der Waals surface area contributed by atoms with Crippen molar-refractivity contribution in [3.63, 3.8) is 0 Å². The van der Waals surface area contributed by atoms with Gasteiger partial charge in [0.15, 0.2) is 0 Å². The highest BCUT2D eigenvalue weighted by Gasteiger charge is 2.36. The first-order chi connectivity index (χ1) is 13.5. The van der Waals surface area contributed by atoms with Gasteiger partial charge < -0.3 is 4.90 Å². The van der Waals surface area contributed by atoms with Crippen molar-refractivity contribution >= 4 is 52.0 Å². The molecule has 0 spiro atoms. The van der Waals surface area contributed by atoms with Gasteiger partial charge in [0.25, 0.3) is 11.1 Å². The van der Waals surface area contributed by atoms with Crippen molar-refractivity contribution in [2.45, 2.75) is 19.3 Å². The molecule has 0 atom stereocenters. The third-order valence-electron chi connectivity index (χ3n) is 4.85. The van der Waals surface area contributed by atoms with Crippen LogP contribution in [0.1, 0.15) is 24.8 Å². The molecule has 0 bridgehead atoms. The second kappa shape index (κ2) is 7.97. The van der Waals surface area contributed by atoms with E-state index < -0.39 is 17.0 Å². The quantitative estimate of drug-likeness (QED) is 0.601. The summed E-state index contributed by atoms with van der Waals surface area (Å²) in [6.45, 7) is 1.86. The minimum Gasteiger partial charge on any atom is -0.371 e. The van der Waals surface area contributed by atoms with Crippen LogP contribution >= 0.6 is 23.4 Å². The lowest BCUT2D eigenvalue weighted by Gasteiger charge is -2.28. The molecule has 2 saturated heterocycles. The Hall–Kier alpha value is -2.31. The smallest absolute Gasteiger partial charge is 0.298 e. The molecule has 28 heavy (non-hydrogen) atoms. The molecule has 2 aliphatic heterocycles. The number of amides is 2. The largest absolute Gasteiger partial charge is 0.371 e. The molecule has 2 aliphatic rings. The van der Waals surface area contributed by atoms with Crippen LogP contribution in [0.15, 0.2) is 47.4 Å². The standard InChI is InChI=1S/C21H18ClFN2O2S/c22-15-5-4-6-17(12-15)25-20(26)19(28-21(25)27)11-14-7-8-16(13-18(14)23)24-9-2-1-3-10-24/h4-8,11-13H,1-3,9-10H2/b19-11+. The summed E-state index contributed by atoms with van der Waals surface area (Å²) in [5, 5.41) is 0.00346. The normalized spacial score (nSPS) is 19.0. The van der Waals surface area contributed by atoms with Gasteiger partial charge in [0, 0.05) is 29.4 Å². The lowest BCUT2D eigenvalue weighted by Crippen LogP contribution is -2.29. The molecule has 2 aromatic carbocycles. The van der Waals surface area contributed by atoms with Crippen LogP contribution in [0.2, 0.25) is 5.02 Å². The van der Waals surface area contributed by atoms with Crippen LogP contribution in [-0.2, 0) is 4.79 Å². The number of hydrogen-bond acceptors (Lipinski definition) is 4. The average Bonchev–Trinajstić information content (AvgIpc) is 2.97. The first-order valence-electron chi connectivity index (χ1n) is 9.11. The highest BCUT2D eigenvalue weighted by Crippen LogP contribution is 2.37. The van der Waals surface area contributed by atoms with Gasteiger partial charge in [-0.25, -0.2) is 9.29 Å². The lowest BCUT2D eigenvalue weighted by atomic mass is 10.1. The molecule has 2 heterocycles. The van der Waals surface area contributed by atoms with Crippen molar-refractivity contribution in [2.24, 2.45) is 0 Å². The zero-order valence-corrected chi connectivity index (χ0v) is 16.6. The summed E-state index contributed by atoms with van der Waals surface area (Å²) < 4.78 is 14.6. The number of benzene rings is 2. The fourth-order valence-electron chi connectivity index (χ4n) is 3.43. The van der Waals surface area contributed by atoms with Crippen molar-refractivity contribution < 1.29 is 14.0 Å². The number of imide groups is 1. The van der Waals surface area contributed by atoms with E-state index in [0.717, 1.165) is 48.3 Å². The van der Waals surface area contributed by atoms with E-state index in [9.17, 15) is 14.0 Å². The molecule has 0 aromatic heterocycles. The molecular weight excluding hydrogens is 399 g/mol. The van der Waals surface area contributed by atoms with E-state index >= 15 is 0 Å². The van der Waals surface area contributed by atoms with E-state index in [4.69, 9.17) is 11.6 Å². The molecule has 0 aliphatic carbocycles. The summed E-state index contributed by atoms with van der Waals surface area (Å²) in [6, 6.07) is 11.5. The molecule has 4 rings (SSSR count). The summed E-state index contributed by atoms with van der Waals surface area (Å²) >= 11 is 6.76. The van der Waals surface area contributed by atoms with Gasteiger partial charge in [-0.1, -0.05) is 17.7 Å². The van der Waals surface area contributed by atoms with Gasteiger partial charge in [-0.2, -0.15) is 0 Å². The Morgan fingerprint density at radius 2 is 1.79 bits per heavy atom. The number of halogens is 2. The first kappa shape index (κ1) is 19.0. The molecule has 0 saturated carbocycles. The van der Waals surface area contributed by atoms with E-state index in [1.165, 1.54) is 18.6 Å². The van der Waals surface area contributed by atoms with E-state index in [-0.39, 0.29) is 10.5 Å². The van der Waals surface area contributed by atoms with Crippen molar-refractivity contribution in [3.05, 3.63) is 63.8 Å². The van der Waals surface area contributed by atoms with Crippen molar-refractivity contribution in [3.8, 4) is 0 Å². The van der Waals surface area contributed by atoms with Gasteiger partial charge in [0.2, 0.25) is 0 Å². The average molecular weight is 417 g/mol. The number of thioether (sulfide) groups is 1. The fourth-order valence-corrected chi connectivity index (χ4v) is 4.45. The number of hydrogen-bond donors (Lipinski definition) is 0. The van der Waals surface area contributed by atoms with Gasteiger partial charge >= 0.3 is 0 Å². The van der Waals surface area contributed by atoms with Gasteiger partial charge in [0.05, 0.1) is 10.6 Å². The van der Waals surface area contributed by atoms with Gasteiger partial charge in [-0.05, 0) is 73.5 Å². The molecular formula is C21H18ClFN2O2S. The van der Waals surface area contributed by atoms with Crippen LogP contribution < -0.4 is 9.80 Å². The van der Waals surface area contributed by atoms with E-state index in [2.05, 4.69) is 4.90 Å². The number of anilines is 2. The van der Waals surface area contributed by atoms with Gasteiger partial charge in [0.1, 0.15) is 5.82 Å². The number of carbonyl (C=O) groups is 2. The maximum atomic E-state index is 14.6. The number of carbonyl (C=O) groups excluding carboxylic acids is 2. The third-order valence-corrected chi connectivity index (χ3v) is 5.96. The molecule has 4 nitrogen and oxygen atoms in total. The van der Waals surface area contributed by atoms with Crippen molar-refractivity contribution in [1.29, 1.82) is 0 Å². The Kier molecular flexibility index (Phi) is 5.42. The molecule has 2 aromatic rings. The number of nitrogens with zero attached hydrogens (tertiary/aromatic N) is 2. The fraction of sp³-hybridized carbons (Fsp3) is 0.238. The van der Waals surface area contributed by atoms with Crippen LogP contribution in [0.3, 0.4) is 0 Å². The zero-order valence-electron chi connectivity index (χ0n) is 15.0. The maximum Gasteiger partial charge on any atom is 0.298 e. The highest BCUT2D eigenvalue weighted by molar-refractivity contribution is 8.19. The molecule has 2 amide bonds. The minimum absolute atomic E-state index is 0.189. The van der Waals surface area contributed by atoms with E-state index in [0.29, 0.717) is 10.7 Å². The summed E-state index contributed by atoms with van der Waals surface area (Å²) in [5.74, 6) is -0.880. The second-order valence-electron chi connectivity index (χ2n) is 6.75. The monoisotopic (exact) mass is 416 g/mol.